The molecule has 1 heterocycles. The van der Waals surface area contributed by atoms with Crippen molar-refractivity contribution in [3.05, 3.63) is 78.1 Å². The van der Waals surface area contributed by atoms with E-state index in [1.165, 1.54) is 11.8 Å². The zero-order valence-corrected chi connectivity index (χ0v) is 16.7. The molecule has 8 heteroatoms. The van der Waals surface area contributed by atoms with Gasteiger partial charge in [-0.15, -0.1) is 16.8 Å². The lowest BCUT2D eigenvalue weighted by Crippen LogP contribution is -2.15. The Morgan fingerprint density at radius 2 is 1.89 bits per heavy atom. The number of nitrogens with one attached hydrogen (secondary N) is 2. The zero-order valence-electron chi connectivity index (χ0n) is 15.1. The number of nitrogens with zero attached hydrogens (tertiary/aromatic N) is 3. The normalized spacial score (nSPS) is 10.5. The van der Waals surface area contributed by atoms with Crippen molar-refractivity contribution >= 4 is 40.6 Å². The summed E-state index contributed by atoms with van der Waals surface area (Å²) in [6, 6.07) is 17.0. The van der Waals surface area contributed by atoms with Crippen LogP contribution in [0, 0.1) is 0 Å². The number of halogens is 1. The van der Waals surface area contributed by atoms with Crippen molar-refractivity contribution < 1.29 is 4.79 Å². The SMILES string of the molecule is C=CCn1c(CNc2ccccc2)nnc1SCC(=O)Nc1ccccc1Cl. The molecule has 3 aromatic rings. The summed E-state index contributed by atoms with van der Waals surface area (Å²) in [7, 11) is 0. The minimum Gasteiger partial charge on any atom is -0.378 e. The molecule has 0 aliphatic carbocycles. The third kappa shape index (κ3) is 5.37. The molecule has 0 aliphatic heterocycles. The monoisotopic (exact) mass is 413 g/mol. The second kappa shape index (κ2) is 9.96. The number of rotatable bonds is 9. The molecule has 0 fully saturated rings. The molecule has 0 bridgehead atoms. The Hall–Kier alpha value is -2.77. The van der Waals surface area contributed by atoms with Gasteiger partial charge >= 0.3 is 0 Å². The average molecular weight is 414 g/mol. The summed E-state index contributed by atoms with van der Waals surface area (Å²) in [5.41, 5.74) is 1.60. The lowest BCUT2D eigenvalue weighted by Gasteiger charge is -2.10. The number of carbonyl (C=O) groups is 1. The van der Waals surface area contributed by atoms with E-state index in [4.69, 9.17) is 11.6 Å². The van der Waals surface area contributed by atoms with Crippen molar-refractivity contribution in [3.63, 3.8) is 0 Å². The van der Waals surface area contributed by atoms with Crippen LogP contribution in [0.3, 0.4) is 0 Å². The van der Waals surface area contributed by atoms with E-state index in [0.717, 1.165) is 11.5 Å². The van der Waals surface area contributed by atoms with Crippen LogP contribution in [0.1, 0.15) is 5.82 Å². The summed E-state index contributed by atoms with van der Waals surface area (Å²) in [4.78, 5) is 12.2. The van der Waals surface area contributed by atoms with Crippen LogP contribution in [-0.4, -0.2) is 26.4 Å². The molecule has 2 aromatic carbocycles. The van der Waals surface area contributed by atoms with Gasteiger partial charge in [-0.2, -0.15) is 0 Å². The first-order chi connectivity index (χ1) is 13.7. The molecule has 0 unspecified atom stereocenters. The highest BCUT2D eigenvalue weighted by atomic mass is 35.5. The van der Waals surface area contributed by atoms with Gasteiger partial charge in [-0.1, -0.05) is 59.8 Å². The van der Waals surface area contributed by atoms with Gasteiger partial charge in [-0.05, 0) is 24.3 Å². The van der Waals surface area contributed by atoms with Crippen LogP contribution >= 0.6 is 23.4 Å². The average Bonchev–Trinajstić information content (AvgIpc) is 3.09. The standard InChI is InChI=1S/C20H20ClN5OS/c1-2-12-26-18(13-22-15-8-4-3-5-9-15)24-25-20(26)28-14-19(27)23-17-11-7-6-10-16(17)21/h2-11,22H,1,12-14H2,(H,23,27). The molecule has 0 saturated carbocycles. The summed E-state index contributed by atoms with van der Waals surface area (Å²) in [5, 5.41) is 15.8. The Kier molecular flexibility index (Phi) is 7.11. The second-order valence-corrected chi connectivity index (χ2v) is 7.18. The van der Waals surface area contributed by atoms with Gasteiger partial charge in [0, 0.05) is 12.2 Å². The number of allylic oxidation sites excluding steroid dienone is 1. The van der Waals surface area contributed by atoms with Gasteiger partial charge in [0.05, 0.1) is 23.0 Å². The fraction of sp³-hybridized carbons (Fsp3) is 0.150. The lowest BCUT2D eigenvalue weighted by molar-refractivity contribution is -0.113. The van der Waals surface area contributed by atoms with Crippen molar-refractivity contribution in [2.75, 3.05) is 16.4 Å². The van der Waals surface area contributed by atoms with Crippen molar-refractivity contribution in [2.45, 2.75) is 18.2 Å². The van der Waals surface area contributed by atoms with E-state index in [2.05, 4.69) is 27.4 Å². The number of thioether (sulfide) groups is 1. The molecule has 6 nitrogen and oxygen atoms in total. The van der Waals surface area contributed by atoms with Crippen LogP contribution in [-0.2, 0) is 17.9 Å². The fourth-order valence-electron chi connectivity index (χ4n) is 2.49. The van der Waals surface area contributed by atoms with Crippen LogP contribution < -0.4 is 10.6 Å². The number of anilines is 2. The molecule has 1 amide bonds. The largest absolute Gasteiger partial charge is 0.378 e. The van der Waals surface area contributed by atoms with E-state index in [0.29, 0.717) is 29.0 Å². The van der Waals surface area contributed by atoms with E-state index < -0.39 is 0 Å². The molecule has 3 rings (SSSR count). The van der Waals surface area contributed by atoms with Crippen molar-refractivity contribution in [1.82, 2.24) is 14.8 Å². The fourth-order valence-corrected chi connectivity index (χ4v) is 3.43. The molecule has 0 radical (unpaired) electrons. The maximum Gasteiger partial charge on any atom is 0.234 e. The Labute approximate surface area is 173 Å². The van der Waals surface area contributed by atoms with Crippen LogP contribution in [0.5, 0.6) is 0 Å². The minimum atomic E-state index is -0.157. The van der Waals surface area contributed by atoms with Crippen molar-refractivity contribution in [3.8, 4) is 0 Å². The minimum absolute atomic E-state index is 0.157. The molecule has 1 aromatic heterocycles. The van der Waals surface area contributed by atoms with Crippen LogP contribution in [0.15, 0.2) is 72.4 Å². The Morgan fingerprint density at radius 1 is 1.14 bits per heavy atom. The molecule has 28 heavy (non-hydrogen) atoms. The summed E-state index contributed by atoms with van der Waals surface area (Å²) < 4.78 is 1.94. The number of aromatic nitrogens is 3. The highest BCUT2D eigenvalue weighted by Gasteiger charge is 2.14. The first-order valence-electron chi connectivity index (χ1n) is 8.66. The van der Waals surface area contributed by atoms with Crippen LogP contribution in [0.4, 0.5) is 11.4 Å². The zero-order chi connectivity index (χ0) is 19.8. The van der Waals surface area contributed by atoms with Crippen LogP contribution in [0.25, 0.3) is 0 Å². The highest BCUT2D eigenvalue weighted by molar-refractivity contribution is 7.99. The molecule has 2 N–H and O–H groups in total. The predicted octanol–water partition coefficient (Wildman–Crippen LogP) is 4.46. The van der Waals surface area contributed by atoms with Gasteiger partial charge in [-0.3, -0.25) is 4.79 Å². The summed E-state index contributed by atoms with van der Waals surface area (Å²) >= 11 is 7.40. The van der Waals surface area contributed by atoms with Gasteiger partial charge in [0.1, 0.15) is 0 Å². The number of hydrogen-bond acceptors (Lipinski definition) is 5. The van der Waals surface area contributed by atoms with E-state index in [1.54, 1.807) is 18.2 Å². The molecule has 0 spiro atoms. The van der Waals surface area contributed by atoms with Gasteiger partial charge in [0.25, 0.3) is 0 Å². The third-order valence-electron chi connectivity index (χ3n) is 3.81. The Bertz CT molecular complexity index is 945. The predicted molar refractivity (Wildman–Crippen MR) is 115 cm³/mol. The first kappa shape index (κ1) is 20.0. The maximum absolute atomic E-state index is 12.2. The lowest BCUT2D eigenvalue weighted by atomic mass is 10.3. The third-order valence-corrected chi connectivity index (χ3v) is 5.11. The number of benzene rings is 2. The number of hydrogen-bond donors (Lipinski definition) is 2. The number of amides is 1. The smallest absolute Gasteiger partial charge is 0.234 e. The van der Waals surface area contributed by atoms with E-state index >= 15 is 0 Å². The molecule has 144 valence electrons. The van der Waals surface area contributed by atoms with Gasteiger partial charge in [0.15, 0.2) is 11.0 Å². The molecule has 0 aliphatic rings. The van der Waals surface area contributed by atoms with Crippen molar-refractivity contribution in [2.24, 2.45) is 0 Å². The summed E-state index contributed by atoms with van der Waals surface area (Å²) in [6.07, 6.45) is 1.78. The number of carbonyl (C=O) groups excluding carboxylic acids is 1. The van der Waals surface area contributed by atoms with Gasteiger partial charge in [-0.25, -0.2) is 0 Å². The molecular weight excluding hydrogens is 394 g/mol. The second-order valence-electron chi connectivity index (χ2n) is 5.83. The first-order valence-corrected chi connectivity index (χ1v) is 10.0. The van der Waals surface area contributed by atoms with Gasteiger partial charge in [0.2, 0.25) is 5.91 Å². The summed E-state index contributed by atoms with van der Waals surface area (Å²) in [5.74, 6) is 0.820. The van der Waals surface area contributed by atoms with Crippen LogP contribution in [0.2, 0.25) is 5.02 Å². The Morgan fingerprint density at radius 3 is 2.64 bits per heavy atom. The van der Waals surface area contributed by atoms with E-state index in [1.807, 2.05) is 47.0 Å². The van der Waals surface area contributed by atoms with E-state index in [9.17, 15) is 4.79 Å². The highest BCUT2D eigenvalue weighted by Crippen LogP contribution is 2.22. The van der Waals surface area contributed by atoms with E-state index in [-0.39, 0.29) is 11.7 Å². The molecule has 0 atom stereocenters. The topological polar surface area (TPSA) is 71.8 Å². The Balaban J connectivity index is 1.61. The maximum atomic E-state index is 12.2. The molecule has 0 saturated heterocycles. The quantitative estimate of drug-likeness (QED) is 0.400. The number of para-hydroxylation sites is 2. The summed E-state index contributed by atoms with van der Waals surface area (Å²) in [6.45, 7) is 4.88. The van der Waals surface area contributed by atoms with Gasteiger partial charge < -0.3 is 15.2 Å². The van der Waals surface area contributed by atoms with Crippen molar-refractivity contribution in [1.29, 1.82) is 0 Å². The molecular formula is C20H20ClN5OS.